The summed E-state index contributed by atoms with van der Waals surface area (Å²) in [5.41, 5.74) is 2.95. The van der Waals surface area contributed by atoms with Crippen molar-refractivity contribution in [1.82, 2.24) is 19.7 Å². The number of benzene rings is 2. The summed E-state index contributed by atoms with van der Waals surface area (Å²) in [6.07, 6.45) is 6.20. The van der Waals surface area contributed by atoms with E-state index < -0.39 is 0 Å². The van der Waals surface area contributed by atoms with E-state index in [0.717, 1.165) is 54.1 Å². The Balaban J connectivity index is 0.00000218. The third kappa shape index (κ3) is 3.68. The van der Waals surface area contributed by atoms with Crippen molar-refractivity contribution < 1.29 is 4.79 Å². The third-order valence-corrected chi connectivity index (χ3v) is 5.37. The van der Waals surface area contributed by atoms with E-state index in [9.17, 15) is 4.79 Å². The molecule has 5 rings (SSSR count). The fourth-order valence-electron chi connectivity index (χ4n) is 3.92. The number of aryl methyl sites for hydroxylation is 1. The van der Waals surface area contributed by atoms with Crippen LogP contribution in [-0.4, -0.2) is 25.7 Å². The Morgan fingerprint density at radius 2 is 1.83 bits per heavy atom. The monoisotopic (exact) mass is 399 g/mol. The van der Waals surface area contributed by atoms with E-state index in [1.807, 2.05) is 48.5 Å². The van der Waals surface area contributed by atoms with Gasteiger partial charge in [-0.05, 0) is 37.1 Å². The molecule has 0 unspecified atom stereocenters. The van der Waals surface area contributed by atoms with Gasteiger partial charge in [0.15, 0.2) is 5.82 Å². The van der Waals surface area contributed by atoms with Crippen LogP contribution in [0.4, 0.5) is 5.69 Å². The van der Waals surface area contributed by atoms with Crippen LogP contribution < -0.4 is 5.32 Å². The summed E-state index contributed by atoms with van der Waals surface area (Å²) in [6, 6.07) is 17.2. The maximum absolute atomic E-state index is 12.9. The molecule has 30 heavy (non-hydrogen) atoms. The lowest BCUT2D eigenvalue weighted by atomic mass is 10.1. The molecule has 0 atom stereocenters. The van der Waals surface area contributed by atoms with E-state index in [1.165, 1.54) is 6.42 Å². The molecule has 0 radical (unpaired) electrons. The number of hydrogen-bond donors (Lipinski definition) is 1. The maximum atomic E-state index is 12.9. The van der Waals surface area contributed by atoms with Crippen molar-refractivity contribution in [3.63, 3.8) is 0 Å². The summed E-state index contributed by atoms with van der Waals surface area (Å²) >= 11 is 0. The lowest BCUT2D eigenvalue weighted by molar-refractivity contribution is 0.102. The molecule has 0 aliphatic carbocycles. The molecule has 0 fully saturated rings. The first kappa shape index (κ1) is 19.8. The number of hydrogen-bond acceptors (Lipinski definition) is 4. The van der Waals surface area contributed by atoms with Gasteiger partial charge in [-0.25, -0.2) is 0 Å². The minimum absolute atomic E-state index is 0. The van der Waals surface area contributed by atoms with Gasteiger partial charge in [-0.15, -0.1) is 10.2 Å². The maximum Gasteiger partial charge on any atom is 0.257 e. The molecule has 152 valence electrons. The van der Waals surface area contributed by atoms with E-state index in [4.69, 9.17) is 0 Å². The molecule has 6 heteroatoms. The van der Waals surface area contributed by atoms with Crippen molar-refractivity contribution in [1.29, 1.82) is 0 Å². The van der Waals surface area contributed by atoms with E-state index in [2.05, 4.69) is 25.1 Å². The summed E-state index contributed by atoms with van der Waals surface area (Å²) < 4.78 is 2.21. The summed E-state index contributed by atoms with van der Waals surface area (Å²) in [7, 11) is 0. The molecule has 0 bridgehead atoms. The van der Waals surface area contributed by atoms with E-state index >= 15 is 0 Å². The average molecular weight is 399 g/mol. The molecule has 2 aromatic carbocycles. The minimum atomic E-state index is -0.175. The standard InChI is InChI=1S/C23H21N5O.CH4/c29-23(19-11-5-7-16-9-6-13-24-21(16)19)25-18-10-4-8-17(15-18)22-27-26-20-12-2-1-3-14-28(20)22;/h4-11,13,15H,1-3,12,14H2,(H,25,29);1H4. The van der Waals surface area contributed by atoms with Crippen molar-refractivity contribution in [2.24, 2.45) is 0 Å². The van der Waals surface area contributed by atoms with Gasteiger partial charge in [0.05, 0.1) is 11.1 Å². The SMILES string of the molecule is C.O=C(Nc1cccc(-c2nnc3n2CCCCC3)c1)c1cccc2cccnc12. The lowest BCUT2D eigenvalue weighted by Crippen LogP contribution is -2.13. The van der Waals surface area contributed by atoms with E-state index in [1.54, 1.807) is 12.3 Å². The third-order valence-electron chi connectivity index (χ3n) is 5.37. The predicted octanol–water partition coefficient (Wildman–Crippen LogP) is 5.11. The molecule has 1 N–H and O–H groups in total. The van der Waals surface area contributed by atoms with Crippen LogP contribution in [0.2, 0.25) is 0 Å². The normalized spacial score (nSPS) is 13.2. The highest BCUT2D eigenvalue weighted by Gasteiger charge is 2.17. The van der Waals surface area contributed by atoms with E-state index in [-0.39, 0.29) is 13.3 Å². The van der Waals surface area contributed by atoms with Crippen LogP contribution in [0.1, 0.15) is 42.9 Å². The zero-order valence-electron chi connectivity index (χ0n) is 16.0. The summed E-state index contributed by atoms with van der Waals surface area (Å²) in [4.78, 5) is 17.3. The number of anilines is 1. The van der Waals surface area contributed by atoms with Crippen LogP contribution in [0.3, 0.4) is 0 Å². The number of rotatable bonds is 3. The lowest BCUT2D eigenvalue weighted by Gasteiger charge is -2.10. The molecule has 2 aromatic heterocycles. The molecule has 3 heterocycles. The number of fused-ring (bicyclic) bond motifs is 2. The zero-order valence-corrected chi connectivity index (χ0v) is 16.0. The second-order valence-corrected chi connectivity index (χ2v) is 7.32. The first-order chi connectivity index (χ1) is 14.3. The number of carbonyl (C=O) groups is 1. The second-order valence-electron chi connectivity index (χ2n) is 7.32. The zero-order chi connectivity index (χ0) is 19.6. The molecule has 4 aromatic rings. The van der Waals surface area contributed by atoms with Gasteiger partial charge in [0, 0.05) is 35.8 Å². The molecule has 1 aliphatic rings. The van der Waals surface area contributed by atoms with Gasteiger partial charge >= 0.3 is 0 Å². The van der Waals surface area contributed by atoms with Crippen LogP contribution >= 0.6 is 0 Å². The minimum Gasteiger partial charge on any atom is -0.322 e. The molecule has 0 saturated heterocycles. The largest absolute Gasteiger partial charge is 0.322 e. The molecular weight excluding hydrogens is 374 g/mol. The van der Waals surface area contributed by atoms with Crippen LogP contribution in [-0.2, 0) is 13.0 Å². The fourth-order valence-corrected chi connectivity index (χ4v) is 3.92. The Morgan fingerprint density at radius 1 is 0.967 bits per heavy atom. The number of nitrogens with zero attached hydrogens (tertiary/aromatic N) is 4. The molecule has 6 nitrogen and oxygen atoms in total. The highest BCUT2D eigenvalue weighted by atomic mass is 16.1. The molecule has 1 aliphatic heterocycles. The summed E-state index contributed by atoms with van der Waals surface area (Å²) in [5, 5.41) is 12.8. The predicted molar refractivity (Wildman–Crippen MR) is 119 cm³/mol. The Morgan fingerprint density at radius 3 is 2.77 bits per heavy atom. The van der Waals surface area contributed by atoms with Crippen molar-refractivity contribution in [3.8, 4) is 11.4 Å². The van der Waals surface area contributed by atoms with Gasteiger partial charge in [0.2, 0.25) is 0 Å². The van der Waals surface area contributed by atoms with Crippen LogP contribution in [0.5, 0.6) is 0 Å². The molecule has 1 amide bonds. The highest BCUT2D eigenvalue weighted by molar-refractivity contribution is 6.11. The quantitative estimate of drug-likeness (QED) is 0.520. The topological polar surface area (TPSA) is 72.7 Å². The van der Waals surface area contributed by atoms with Gasteiger partial charge in [-0.1, -0.05) is 44.2 Å². The fraction of sp³-hybridized carbons (Fsp3) is 0.250. The molecule has 0 saturated carbocycles. The van der Waals surface area contributed by atoms with Crippen LogP contribution in [0.25, 0.3) is 22.3 Å². The van der Waals surface area contributed by atoms with Gasteiger partial charge < -0.3 is 9.88 Å². The van der Waals surface area contributed by atoms with Crippen molar-refractivity contribution in [2.45, 2.75) is 39.7 Å². The smallest absolute Gasteiger partial charge is 0.257 e. The number of carbonyl (C=O) groups excluding carboxylic acids is 1. The number of nitrogens with one attached hydrogen (secondary N) is 1. The van der Waals surface area contributed by atoms with Gasteiger partial charge in [0.25, 0.3) is 5.91 Å². The number of amides is 1. The summed E-state index contributed by atoms with van der Waals surface area (Å²) in [6.45, 7) is 0.940. The van der Waals surface area contributed by atoms with Gasteiger partial charge in [-0.3, -0.25) is 9.78 Å². The van der Waals surface area contributed by atoms with Crippen LogP contribution in [0.15, 0.2) is 60.8 Å². The number of pyridine rings is 1. The second kappa shape index (κ2) is 8.45. The van der Waals surface area contributed by atoms with E-state index in [0.29, 0.717) is 11.1 Å². The Kier molecular flexibility index (Phi) is 5.57. The molecular formula is C24H25N5O. The number of para-hydroxylation sites is 1. The van der Waals surface area contributed by atoms with Gasteiger partial charge in [-0.2, -0.15) is 0 Å². The highest BCUT2D eigenvalue weighted by Crippen LogP contribution is 2.25. The Labute approximate surface area is 176 Å². The number of aromatic nitrogens is 4. The average Bonchev–Trinajstić information content (AvgIpc) is 3.02. The Bertz CT molecular complexity index is 1190. The van der Waals surface area contributed by atoms with Crippen molar-refractivity contribution in [2.75, 3.05) is 5.32 Å². The summed E-state index contributed by atoms with van der Waals surface area (Å²) in [5.74, 6) is 1.74. The van der Waals surface area contributed by atoms with Crippen molar-refractivity contribution >= 4 is 22.5 Å². The first-order valence-corrected chi connectivity index (χ1v) is 9.97. The van der Waals surface area contributed by atoms with Crippen LogP contribution in [0, 0.1) is 0 Å². The van der Waals surface area contributed by atoms with Crippen molar-refractivity contribution in [3.05, 3.63) is 72.2 Å². The first-order valence-electron chi connectivity index (χ1n) is 9.97. The van der Waals surface area contributed by atoms with Gasteiger partial charge in [0.1, 0.15) is 5.82 Å². The Hall–Kier alpha value is -3.54. The molecule has 0 spiro atoms.